The van der Waals surface area contributed by atoms with Gasteiger partial charge in [-0.1, -0.05) is 18.2 Å². The molecule has 0 fully saturated rings. The zero-order valence-electron chi connectivity index (χ0n) is 17.0. The van der Waals surface area contributed by atoms with Crippen LogP contribution in [0.15, 0.2) is 53.5 Å². The van der Waals surface area contributed by atoms with Crippen LogP contribution >= 0.6 is 0 Å². The molecule has 3 rings (SSSR count). The summed E-state index contributed by atoms with van der Waals surface area (Å²) in [5, 5.41) is 6.35. The molecule has 1 heterocycles. The molecule has 7 heteroatoms. The number of guanidine groups is 1. The maximum absolute atomic E-state index is 12.6. The summed E-state index contributed by atoms with van der Waals surface area (Å²) in [4.78, 5) is 18.9. The van der Waals surface area contributed by atoms with Crippen LogP contribution in [0.3, 0.4) is 0 Å². The van der Waals surface area contributed by atoms with Gasteiger partial charge in [0, 0.05) is 18.8 Å². The van der Waals surface area contributed by atoms with Gasteiger partial charge in [-0.05, 0) is 49.2 Å². The van der Waals surface area contributed by atoms with E-state index in [9.17, 15) is 4.79 Å². The van der Waals surface area contributed by atoms with Crippen molar-refractivity contribution in [2.75, 3.05) is 44.8 Å². The molecule has 0 atom stereocenters. The van der Waals surface area contributed by atoms with Crippen LogP contribution in [0.25, 0.3) is 0 Å². The Hall–Kier alpha value is -3.22. The van der Waals surface area contributed by atoms with E-state index in [1.807, 2.05) is 54.3 Å². The number of aliphatic imine (C=N–C) groups is 1. The number of nitrogens with zero attached hydrogens (tertiary/aromatic N) is 2. The topological polar surface area (TPSA) is 75.2 Å². The summed E-state index contributed by atoms with van der Waals surface area (Å²) in [5.41, 5.74) is 2.21. The number of carbonyl (C=O) groups excluding carboxylic acids is 1. The standard InChI is InChI=1S/C22H28N4O3/c1-3-23-22(24-13-15-29-19-10-8-18(28-2)9-11-19)25-16-21(27)26-14-12-17-6-4-5-7-20(17)26/h4-11H,3,12-16H2,1-2H3,(H2,23,24,25). The summed E-state index contributed by atoms with van der Waals surface area (Å²) >= 11 is 0. The number of amides is 1. The molecule has 0 saturated heterocycles. The average Bonchev–Trinajstić information content (AvgIpc) is 3.19. The largest absolute Gasteiger partial charge is 0.497 e. The number of anilines is 1. The van der Waals surface area contributed by atoms with Gasteiger partial charge in [-0.15, -0.1) is 0 Å². The molecule has 2 aromatic rings. The van der Waals surface area contributed by atoms with Crippen molar-refractivity contribution in [2.45, 2.75) is 13.3 Å². The third-order valence-electron chi connectivity index (χ3n) is 4.63. The van der Waals surface area contributed by atoms with Crippen LogP contribution in [0.1, 0.15) is 12.5 Å². The third-order valence-corrected chi connectivity index (χ3v) is 4.63. The van der Waals surface area contributed by atoms with Crippen LogP contribution in [0.5, 0.6) is 11.5 Å². The van der Waals surface area contributed by atoms with E-state index in [2.05, 4.69) is 21.7 Å². The van der Waals surface area contributed by atoms with Crippen molar-refractivity contribution in [1.29, 1.82) is 0 Å². The number of rotatable bonds is 8. The molecule has 2 aromatic carbocycles. The predicted molar refractivity (Wildman–Crippen MR) is 115 cm³/mol. The Bertz CT molecular complexity index is 836. The predicted octanol–water partition coefficient (Wildman–Crippen LogP) is 2.22. The molecule has 0 unspecified atom stereocenters. The summed E-state index contributed by atoms with van der Waals surface area (Å²) in [6.07, 6.45) is 0.895. The zero-order chi connectivity index (χ0) is 20.5. The van der Waals surface area contributed by atoms with Gasteiger partial charge in [-0.2, -0.15) is 0 Å². The van der Waals surface area contributed by atoms with Crippen LogP contribution in [-0.2, 0) is 11.2 Å². The molecule has 1 amide bonds. The summed E-state index contributed by atoms with van der Waals surface area (Å²) in [6, 6.07) is 15.5. The van der Waals surface area contributed by atoms with Gasteiger partial charge in [-0.25, -0.2) is 4.99 Å². The summed E-state index contributed by atoms with van der Waals surface area (Å²) < 4.78 is 10.8. The number of para-hydroxylation sites is 1. The minimum atomic E-state index is 0.00151. The van der Waals surface area contributed by atoms with E-state index in [1.54, 1.807) is 7.11 Å². The summed E-state index contributed by atoms with van der Waals surface area (Å²) in [5.74, 6) is 2.17. The number of hydrogen-bond acceptors (Lipinski definition) is 4. The monoisotopic (exact) mass is 396 g/mol. The van der Waals surface area contributed by atoms with Gasteiger partial charge in [0.05, 0.1) is 13.7 Å². The lowest BCUT2D eigenvalue weighted by molar-refractivity contribution is -0.117. The first kappa shape index (κ1) is 20.5. The molecule has 2 N–H and O–H groups in total. The second kappa shape index (κ2) is 10.4. The van der Waals surface area contributed by atoms with E-state index in [4.69, 9.17) is 9.47 Å². The highest BCUT2D eigenvalue weighted by Crippen LogP contribution is 2.27. The molecule has 0 saturated carbocycles. The number of ether oxygens (including phenoxy) is 2. The maximum Gasteiger partial charge on any atom is 0.248 e. The number of carbonyl (C=O) groups is 1. The van der Waals surface area contributed by atoms with Crippen LogP contribution in [0, 0.1) is 0 Å². The van der Waals surface area contributed by atoms with E-state index < -0.39 is 0 Å². The van der Waals surface area contributed by atoms with Crippen molar-refractivity contribution in [3.8, 4) is 11.5 Å². The van der Waals surface area contributed by atoms with E-state index >= 15 is 0 Å². The highest BCUT2D eigenvalue weighted by Gasteiger charge is 2.23. The first-order chi connectivity index (χ1) is 14.2. The van der Waals surface area contributed by atoms with Gasteiger partial charge in [0.1, 0.15) is 24.7 Å². The van der Waals surface area contributed by atoms with Crippen LogP contribution in [0.4, 0.5) is 5.69 Å². The Morgan fingerprint density at radius 2 is 1.86 bits per heavy atom. The molecule has 0 radical (unpaired) electrons. The van der Waals surface area contributed by atoms with Gasteiger partial charge >= 0.3 is 0 Å². The molecular formula is C22H28N4O3. The fourth-order valence-corrected chi connectivity index (χ4v) is 3.18. The van der Waals surface area contributed by atoms with Gasteiger partial charge in [-0.3, -0.25) is 4.79 Å². The molecule has 29 heavy (non-hydrogen) atoms. The molecular weight excluding hydrogens is 368 g/mol. The number of benzene rings is 2. The first-order valence-corrected chi connectivity index (χ1v) is 9.88. The van der Waals surface area contributed by atoms with Crippen LogP contribution in [-0.4, -0.2) is 51.8 Å². The fraction of sp³-hybridized carbons (Fsp3) is 0.364. The fourth-order valence-electron chi connectivity index (χ4n) is 3.18. The van der Waals surface area contributed by atoms with Gasteiger partial charge in [0.2, 0.25) is 5.91 Å². The third kappa shape index (κ3) is 5.63. The molecule has 0 aliphatic carbocycles. The lowest BCUT2D eigenvalue weighted by Gasteiger charge is -2.17. The summed E-state index contributed by atoms with van der Waals surface area (Å²) in [6.45, 7) is 4.56. The minimum absolute atomic E-state index is 0.00151. The lowest BCUT2D eigenvalue weighted by Crippen LogP contribution is -2.40. The highest BCUT2D eigenvalue weighted by molar-refractivity contribution is 5.98. The number of methoxy groups -OCH3 is 1. The van der Waals surface area contributed by atoms with Gasteiger partial charge < -0.3 is 25.0 Å². The number of hydrogen-bond donors (Lipinski definition) is 2. The van der Waals surface area contributed by atoms with Crippen molar-refractivity contribution < 1.29 is 14.3 Å². The van der Waals surface area contributed by atoms with E-state index in [0.717, 1.165) is 23.6 Å². The van der Waals surface area contributed by atoms with Crippen molar-refractivity contribution >= 4 is 17.6 Å². The molecule has 1 aliphatic heterocycles. The normalized spacial score (nSPS) is 13.0. The smallest absolute Gasteiger partial charge is 0.248 e. The van der Waals surface area contributed by atoms with Crippen LogP contribution in [0.2, 0.25) is 0 Å². The van der Waals surface area contributed by atoms with E-state index in [1.165, 1.54) is 5.56 Å². The SMILES string of the molecule is CCNC(=NCC(=O)N1CCc2ccccc21)NCCOc1ccc(OC)cc1. The molecule has 154 valence electrons. The average molecular weight is 396 g/mol. The summed E-state index contributed by atoms with van der Waals surface area (Å²) in [7, 11) is 1.63. The first-order valence-electron chi connectivity index (χ1n) is 9.88. The second-order valence-corrected chi connectivity index (χ2v) is 6.57. The molecule has 1 aliphatic rings. The minimum Gasteiger partial charge on any atom is -0.497 e. The maximum atomic E-state index is 12.6. The Morgan fingerprint density at radius 1 is 1.10 bits per heavy atom. The molecule has 0 aromatic heterocycles. The van der Waals surface area contributed by atoms with Crippen molar-refractivity contribution in [3.63, 3.8) is 0 Å². The zero-order valence-corrected chi connectivity index (χ0v) is 17.0. The molecule has 0 bridgehead atoms. The lowest BCUT2D eigenvalue weighted by atomic mass is 10.2. The Labute approximate surface area is 171 Å². The van der Waals surface area contributed by atoms with Gasteiger partial charge in [0.15, 0.2) is 5.96 Å². The van der Waals surface area contributed by atoms with E-state index in [0.29, 0.717) is 32.2 Å². The Morgan fingerprint density at radius 3 is 2.62 bits per heavy atom. The second-order valence-electron chi connectivity index (χ2n) is 6.57. The van der Waals surface area contributed by atoms with Crippen molar-refractivity contribution in [2.24, 2.45) is 4.99 Å². The van der Waals surface area contributed by atoms with Crippen molar-refractivity contribution in [1.82, 2.24) is 10.6 Å². The Kier molecular flexibility index (Phi) is 7.33. The quantitative estimate of drug-likeness (QED) is 0.407. The van der Waals surface area contributed by atoms with Crippen molar-refractivity contribution in [3.05, 3.63) is 54.1 Å². The molecule has 7 nitrogen and oxygen atoms in total. The number of fused-ring (bicyclic) bond motifs is 1. The highest BCUT2D eigenvalue weighted by atomic mass is 16.5. The number of nitrogens with one attached hydrogen (secondary N) is 2. The van der Waals surface area contributed by atoms with E-state index in [-0.39, 0.29) is 12.5 Å². The van der Waals surface area contributed by atoms with Crippen LogP contribution < -0.4 is 25.0 Å². The molecule has 0 spiro atoms. The van der Waals surface area contributed by atoms with Gasteiger partial charge in [0.25, 0.3) is 0 Å². The Balaban J connectivity index is 1.47.